The first kappa shape index (κ1) is 19.0. The smallest absolute Gasteiger partial charge is 0.415 e. The number of carbonyl (C=O) groups excluding carboxylic acids is 2. The molecule has 2 rings (SSSR count). The number of ether oxygens (including phenoxy) is 2. The first-order valence-corrected chi connectivity index (χ1v) is 8.68. The predicted octanol–water partition coefficient (Wildman–Crippen LogP) is 4.31. The number of para-hydroxylation sites is 1. The maximum atomic E-state index is 12.4. The molecule has 0 atom stereocenters. The van der Waals surface area contributed by atoms with Crippen molar-refractivity contribution < 1.29 is 19.1 Å². The molecule has 0 spiro atoms. The van der Waals surface area contributed by atoms with Crippen LogP contribution in [0.1, 0.15) is 46.1 Å². The van der Waals surface area contributed by atoms with Crippen molar-refractivity contribution >= 4 is 17.4 Å². The maximum Gasteiger partial charge on any atom is 0.415 e. The third-order valence-corrected chi connectivity index (χ3v) is 4.41. The van der Waals surface area contributed by atoms with Crippen molar-refractivity contribution in [2.24, 2.45) is 5.41 Å². The van der Waals surface area contributed by atoms with Gasteiger partial charge >= 0.3 is 6.09 Å². The van der Waals surface area contributed by atoms with Gasteiger partial charge in [0.1, 0.15) is 0 Å². The van der Waals surface area contributed by atoms with Crippen LogP contribution in [0.15, 0.2) is 24.3 Å². The van der Waals surface area contributed by atoms with Gasteiger partial charge in [-0.1, -0.05) is 26.0 Å². The molecule has 1 amide bonds. The number of methoxy groups -OCH3 is 1. The van der Waals surface area contributed by atoms with Crippen LogP contribution in [-0.4, -0.2) is 37.0 Å². The fraction of sp³-hybridized carbons (Fsp3) is 0.500. The zero-order chi connectivity index (χ0) is 18.6. The summed E-state index contributed by atoms with van der Waals surface area (Å²) < 4.78 is 11.1. The Kier molecular flexibility index (Phi) is 5.88. The summed E-state index contributed by atoms with van der Waals surface area (Å²) in [6, 6.07) is 5.47. The topological polar surface area (TPSA) is 55.8 Å². The molecule has 0 aliphatic heterocycles. The van der Waals surface area contributed by atoms with Gasteiger partial charge in [-0.15, -0.1) is 0 Å². The lowest BCUT2D eigenvalue weighted by Crippen LogP contribution is -2.33. The highest BCUT2D eigenvalue weighted by atomic mass is 16.6. The lowest BCUT2D eigenvalue weighted by atomic mass is 9.75. The van der Waals surface area contributed by atoms with Crippen molar-refractivity contribution in [3.05, 3.63) is 29.8 Å². The molecule has 1 aromatic rings. The Hall–Kier alpha value is -2.30. The van der Waals surface area contributed by atoms with E-state index in [1.54, 1.807) is 17.0 Å². The van der Waals surface area contributed by atoms with Crippen LogP contribution in [0.25, 0.3) is 5.57 Å². The molecule has 0 heterocycles. The number of amides is 1. The van der Waals surface area contributed by atoms with Crippen molar-refractivity contribution in [3.8, 4) is 11.5 Å². The number of hydrogen-bond donors (Lipinski definition) is 0. The summed E-state index contributed by atoms with van der Waals surface area (Å²) in [6.45, 7) is 9.07. The minimum Gasteiger partial charge on any atom is -0.493 e. The van der Waals surface area contributed by atoms with Crippen molar-refractivity contribution in [1.29, 1.82) is 0 Å². The third kappa shape index (κ3) is 4.41. The fourth-order valence-electron chi connectivity index (χ4n) is 3.19. The first-order valence-electron chi connectivity index (χ1n) is 8.68. The van der Waals surface area contributed by atoms with E-state index in [1.165, 1.54) is 7.11 Å². The minimum atomic E-state index is -0.419. The summed E-state index contributed by atoms with van der Waals surface area (Å²) in [5.41, 5.74) is 1.49. The van der Waals surface area contributed by atoms with Crippen molar-refractivity contribution in [2.75, 3.05) is 20.2 Å². The number of benzene rings is 1. The van der Waals surface area contributed by atoms with E-state index in [0.717, 1.165) is 17.6 Å². The molecular weight excluding hydrogens is 318 g/mol. The van der Waals surface area contributed by atoms with Crippen LogP contribution in [0.5, 0.6) is 11.5 Å². The van der Waals surface area contributed by atoms with Gasteiger partial charge < -0.3 is 14.4 Å². The summed E-state index contributed by atoms with van der Waals surface area (Å²) in [5.74, 6) is 0.948. The first-order chi connectivity index (χ1) is 11.8. The van der Waals surface area contributed by atoms with E-state index in [1.807, 2.05) is 26.0 Å². The van der Waals surface area contributed by atoms with Crippen molar-refractivity contribution in [1.82, 2.24) is 4.90 Å². The molecule has 1 aliphatic rings. The molecular formula is C20H27NO4. The fourth-order valence-corrected chi connectivity index (χ4v) is 3.19. The Bertz CT molecular complexity index is 687. The Morgan fingerprint density at radius 1 is 1.20 bits per heavy atom. The van der Waals surface area contributed by atoms with Crippen LogP contribution in [0.2, 0.25) is 0 Å². The average molecular weight is 345 g/mol. The van der Waals surface area contributed by atoms with Gasteiger partial charge in [-0.3, -0.25) is 4.79 Å². The third-order valence-electron chi connectivity index (χ3n) is 4.41. The van der Waals surface area contributed by atoms with E-state index in [2.05, 4.69) is 13.8 Å². The molecule has 0 bridgehead atoms. The monoisotopic (exact) mass is 345 g/mol. The second-order valence-corrected chi connectivity index (χ2v) is 7.03. The van der Waals surface area contributed by atoms with Gasteiger partial charge in [-0.25, -0.2) is 4.79 Å². The Balaban J connectivity index is 2.46. The van der Waals surface area contributed by atoms with E-state index in [-0.39, 0.29) is 11.2 Å². The van der Waals surface area contributed by atoms with Crippen molar-refractivity contribution in [2.45, 2.75) is 40.5 Å². The predicted molar refractivity (Wildman–Crippen MR) is 97.9 cm³/mol. The van der Waals surface area contributed by atoms with Crippen LogP contribution < -0.4 is 9.47 Å². The number of carbonyl (C=O) groups is 2. The number of hydrogen-bond acceptors (Lipinski definition) is 4. The molecule has 0 radical (unpaired) electrons. The summed E-state index contributed by atoms with van der Waals surface area (Å²) in [7, 11) is 1.54. The van der Waals surface area contributed by atoms with Gasteiger partial charge in [0, 0.05) is 25.1 Å². The van der Waals surface area contributed by atoms with E-state index >= 15 is 0 Å². The van der Waals surface area contributed by atoms with E-state index in [0.29, 0.717) is 31.0 Å². The van der Waals surface area contributed by atoms with Crippen LogP contribution in [-0.2, 0) is 4.79 Å². The number of nitrogens with zero attached hydrogens (tertiary/aromatic N) is 1. The number of ketones is 1. The molecule has 1 aromatic carbocycles. The van der Waals surface area contributed by atoms with E-state index < -0.39 is 6.09 Å². The standard InChI is InChI=1S/C20H27NO4/c1-6-21(7-2)19(23)25-18-16(9-8-10-17(18)24-5)14-11-15(22)13-20(3,4)12-14/h8-11H,6-7,12-13H2,1-5H3. The molecule has 5 nitrogen and oxygen atoms in total. The molecule has 136 valence electrons. The summed E-state index contributed by atoms with van der Waals surface area (Å²) in [4.78, 5) is 26.2. The molecule has 0 N–H and O–H groups in total. The summed E-state index contributed by atoms with van der Waals surface area (Å²) >= 11 is 0. The van der Waals surface area contributed by atoms with Gasteiger partial charge in [0.25, 0.3) is 0 Å². The second kappa shape index (κ2) is 7.72. The van der Waals surface area contributed by atoms with Gasteiger partial charge in [-0.05, 0) is 43.4 Å². The lowest BCUT2D eigenvalue weighted by molar-refractivity contribution is -0.116. The zero-order valence-corrected chi connectivity index (χ0v) is 15.7. The largest absolute Gasteiger partial charge is 0.493 e. The van der Waals surface area contributed by atoms with Crippen molar-refractivity contribution in [3.63, 3.8) is 0 Å². The molecule has 1 aliphatic carbocycles. The van der Waals surface area contributed by atoms with Crippen LogP contribution in [0.3, 0.4) is 0 Å². The van der Waals surface area contributed by atoms with Gasteiger partial charge in [0.05, 0.1) is 7.11 Å². The molecule has 0 saturated heterocycles. The van der Waals surface area contributed by atoms with E-state index in [9.17, 15) is 9.59 Å². The van der Waals surface area contributed by atoms with Gasteiger partial charge in [-0.2, -0.15) is 0 Å². The molecule has 0 aromatic heterocycles. The zero-order valence-electron chi connectivity index (χ0n) is 15.7. The summed E-state index contributed by atoms with van der Waals surface area (Å²) in [6.07, 6.45) is 2.50. The Morgan fingerprint density at radius 3 is 2.44 bits per heavy atom. The van der Waals surface area contributed by atoms with Gasteiger partial charge in [0.2, 0.25) is 0 Å². The molecule has 5 heteroatoms. The highest BCUT2D eigenvalue weighted by Crippen LogP contribution is 2.43. The van der Waals surface area contributed by atoms with Crippen LogP contribution in [0, 0.1) is 5.41 Å². The number of rotatable bonds is 5. The normalized spacial score (nSPS) is 16.2. The molecule has 0 fully saturated rings. The lowest BCUT2D eigenvalue weighted by Gasteiger charge is -2.30. The van der Waals surface area contributed by atoms with Crippen LogP contribution >= 0.6 is 0 Å². The van der Waals surface area contributed by atoms with E-state index in [4.69, 9.17) is 9.47 Å². The average Bonchev–Trinajstić information content (AvgIpc) is 2.54. The maximum absolute atomic E-state index is 12.4. The Morgan fingerprint density at radius 2 is 1.88 bits per heavy atom. The molecule has 0 unspecified atom stereocenters. The minimum absolute atomic E-state index is 0.0927. The summed E-state index contributed by atoms with van der Waals surface area (Å²) in [5, 5.41) is 0. The van der Waals surface area contributed by atoms with Crippen LogP contribution in [0.4, 0.5) is 4.79 Å². The SMILES string of the molecule is CCN(CC)C(=O)Oc1c(OC)cccc1C1=CC(=O)CC(C)(C)C1. The second-order valence-electron chi connectivity index (χ2n) is 7.03. The molecule has 25 heavy (non-hydrogen) atoms. The van der Waals surface area contributed by atoms with Gasteiger partial charge in [0.15, 0.2) is 17.3 Å². The number of allylic oxidation sites excluding steroid dienone is 2. The molecule has 0 saturated carbocycles. The quantitative estimate of drug-likeness (QED) is 0.798. The Labute approximate surface area is 149 Å². The highest BCUT2D eigenvalue weighted by molar-refractivity contribution is 6.00. The highest BCUT2D eigenvalue weighted by Gasteiger charge is 2.30.